The third-order valence-electron chi connectivity index (χ3n) is 2.76. The van der Waals surface area contributed by atoms with Crippen molar-refractivity contribution in [3.63, 3.8) is 0 Å². The highest BCUT2D eigenvalue weighted by molar-refractivity contribution is 5.74. The fourth-order valence-electron chi connectivity index (χ4n) is 1.77. The SMILES string of the molecule is CCC(CCO)CN1CCCNC1=O. The normalized spacial score (nSPS) is 19.3. The first kappa shape index (κ1) is 11.3. The first-order chi connectivity index (χ1) is 6.77. The predicted octanol–water partition coefficient (Wildman–Crippen LogP) is 0.810. The van der Waals surface area contributed by atoms with Crippen molar-refractivity contribution >= 4 is 6.03 Å². The second-order valence-corrected chi connectivity index (χ2v) is 3.82. The highest BCUT2D eigenvalue weighted by atomic mass is 16.3. The molecule has 0 saturated carbocycles. The van der Waals surface area contributed by atoms with Gasteiger partial charge in [0.15, 0.2) is 0 Å². The van der Waals surface area contributed by atoms with Crippen LogP contribution in [0.15, 0.2) is 0 Å². The zero-order valence-corrected chi connectivity index (χ0v) is 8.83. The van der Waals surface area contributed by atoms with Crippen molar-refractivity contribution in [1.29, 1.82) is 0 Å². The minimum atomic E-state index is 0.0487. The number of aliphatic hydroxyl groups excluding tert-OH is 1. The summed E-state index contributed by atoms with van der Waals surface area (Å²) >= 11 is 0. The molecule has 2 N–H and O–H groups in total. The summed E-state index contributed by atoms with van der Waals surface area (Å²) in [5, 5.41) is 11.7. The van der Waals surface area contributed by atoms with E-state index in [0.29, 0.717) is 5.92 Å². The molecule has 0 aromatic heterocycles. The Balaban J connectivity index is 2.35. The lowest BCUT2D eigenvalue weighted by Gasteiger charge is -2.30. The van der Waals surface area contributed by atoms with Crippen LogP contribution in [0.1, 0.15) is 26.2 Å². The number of nitrogens with one attached hydrogen (secondary N) is 1. The largest absolute Gasteiger partial charge is 0.396 e. The number of nitrogens with zero attached hydrogens (tertiary/aromatic N) is 1. The molecular weight excluding hydrogens is 180 g/mol. The number of amides is 2. The Labute approximate surface area is 85.3 Å². The van der Waals surface area contributed by atoms with E-state index in [1.54, 1.807) is 0 Å². The molecule has 0 bridgehead atoms. The molecule has 4 heteroatoms. The lowest BCUT2D eigenvalue weighted by molar-refractivity contribution is 0.164. The third kappa shape index (κ3) is 3.18. The predicted molar refractivity (Wildman–Crippen MR) is 55.1 cm³/mol. The Hall–Kier alpha value is -0.770. The summed E-state index contributed by atoms with van der Waals surface area (Å²) in [5.41, 5.74) is 0. The van der Waals surface area contributed by atoms with Crippen LogP contribution in [0.5, 0.6) is 0 Å². The average Bonchev–Trinajstić information content (AvgIpc) is 2.20. The van der Waals surface area contributed by atoms with Gasteiger partial charge in [-0.25, -0.2) is 4.79 Å². The molecule has 1 heterocycles. The number of rotatable bonds is 5. The van der Waals surface area contributed by atoms with E-state index in [1.165, 1.54) is 0 Å². The summed E-state index contributed by atoms with van der Waals surface area (Å²) in [4.78, 5) is 13.3. The zero-order chi connectivity index (χ0) is 10.4. The van der Waals surface area contributed by atoms with Gasteiger partial charge in [0.1, 0.15) is 0 Å². The molecule has 0 aromatic carbocycles. The van der Waals surface area contributed by atoms with Crippen LogP contribution in [0, 0.1) is 5.92 Å². The van der Waals surface area contributed by atoms with E-state index in [2.05, 4.69) is 12.2 Å². The van der Waals surface area contributed by atoms with Crippen LogP contribution in [-0.4, -0.2) is 42.3 Å². The number of carbonyl (C=O) groups excluding carboxylic acids is 1. The van der Waals surface area contributed by atoms with Gasteiger partial charge in [-0.3, -0.25) is 0 Å². The number of aliphatic hydroxyl groups is 1. The van der Waals surface area contributed by atoms with E-state index in [4.69, 9.17) is 5.11 Å². The number of hydrogen-bond acceptors (Lipinski definition) is 2. The van der Waals surface area contributed by atoms with Crippen LogP contribution >= 0.6 is 0 Å². The van der Waals surface area contributed by atoms with Gasteiger partial charge in [-0.05, 0) is 18.8 Å². The molecule has 1 rings (SSSR count). The molecule has 82 valence electrons. The molecule has 1 atom stereocenters. The minimum Gasteiger partial charge on any atom is -0.396 e. The first-order valence-electron chi connectivity index (χ1n) is 5.41. The molecule has 0 aliphatic carbocycles. The number of urea groups is 1. The van der Waals surface area contributed by atoms with E-state index in [-0.39, 0.29) is 12.6 Å². The second kappa shape index (κ2) is 5.86. The van der Waals surface area contributed by atoms with Gasteiger partial charge in [0, 0.05) is 26.2 Å². The number of hydrogen-bond donors (Lipinski definition) is 2. The van der Waals surface area contributed by atoms with Crippen molar-refractivity contribution in [2.75, 3.05) is 26.2 Å². The Morgan fingerprint density at radius 1 is 1.64 bits per heavy atom. The van der Waals surface area contributed by atoms with Gasteiger partial charge in [-0.1, -0.05) is 13.3 Å². The van der Waals surface area contributed by atoms with Gasteiger partial charge < -0.3 is 15.3 Å². The molecule has 1 fully saturated rings. The summed E-state index contributed by atoms with van der Waals surface area (Å²) in [7, 11) is 0. The van der Waals surface area contributed by atoms with Crippen molar-refractivity contribution in [2.45, 2.75) is 26.2 Å². The van der Waals surface area contributed by atoms with Crippen LogP contribution in [0.3, 0.4) is 0 Å². The van der Waals surface area contributed by atoms with E-state index in [0.717, 1.165) is 38.9 Å². The smallest absolute Gasteiger partial charge is 0.317 e. The molecule has 1 aliphatic heterocycles. The fraction of sp³-hybridized carbons (Fsp3) is 0.900. The average molecular weight is 200 g/mol. The van der Waals surface area contributed by atoms with E-state index >= 15 is 0 Å². The molecule has 1 saturated heterocycles. The van der Waals surface area contributed by atoms with Gasteiger partial charge in [-0.2, -0.15) is 0 Å². The van der Waals surface area contributed by atoms with Crippen LogP contribution < -0.4 is 5.32 Å². The van der Waals surface area contributed by atoms with Crippen molar-refractivity contribution in [2.24, 2.45) is 5.92 Å². The highest BCUT2D eigenvalue weighted by Gasteiger charge is 2.20. The van der Waals surface area contributed by atoms with Crippen LogP contribution in [0.2, 0.25) is 0 Å². The Kier molecular flexibility index (Phi) is 4.73. The lowest BCUT2D eigenvalue weighted by Crippen LogP contribution is -2.48. The molecule has 1 aliphatic rings. The van der Waals surface area contributed by atoms with Crippen molar-refractivity contribution in [1.82, 2.24) is 10.2 Å². The number of carbonyl (C=O) groups is 1. The topological polar surface area (TPSA) is 52.6 Å². The summed E-state index contributed by atoms with van der Waals surface area (Å²) in [6.45, 7) is 4.75. The van der Waals surface area contributed by atoms with Crippen LogP contribution in [0.25, 0.3) is 0 Å². The van der Waals surface area contributed by atoms with Gasteiger partial charge >= 0.3 is 6.03 Å². The molecular formula is C10H20N2O2. The van der Waals surface area contributed by atoms with Gasteiger partial charge in [-0.15, -0.1) is 0 Å². The summed E-state index contributed by atoms with van der Waals surface area (Å²) in [5.74, 6) is 0.434. The lowest BCUT2D eigenvalue weighted by atomic mass is 10.0. The molecule has 1 unspecified atom stereocenters. The van der Waals surface area contributed by atoms with Crippen LogP contribution in [-0.2, 0) is 0 Å². The van der Waals surface area contributed by atoms with E-state index < -0.39 is 0 Å². The maximum Gasteiger partial charge on any atom is 0.317 e. The maximum atomic E-state index is 11.4. The van der Waals surface area contributed by atoms with Crippen molar-refractivity contribution < 1.29 is 9.90 Å². The minimum absolute atomic E-state index is 0.0487. The summed E-state index contributed by atoms with van der Waals surface area (Å²) in [6.07, 6.45) is 2.84. The third-order valence-corrected chi connectivity index (χ3v) is 2.76. The monoisotopic (exact) mass is 200 g/mol. The molecule has 0 spiro atoms. The zero-order valence-electron chi connectivity index (χ0n) is 8.83. The molecule has 0 aromatic rings. The Bertz CT molecular complexity index is 185. The van der Waals surface area contributed by atoms with Crippen molar-refractivity contribution in [3.05, 3.63) is 0 Å². The van der Waals surface area contributed by atoms with E-state index in [9.17, 15) is 4.79 Å². The Morgan fingerprint density at radius 3 is 3.00 bits per heavy atom. The Morgan fingerprint density at radius 2 is 2.43 bits per heavy atom. The molecule has 4 nitrogen and oxygen atoms in total. The van der Waals surface area contributed by atoms with Crippen LogP contribution in [0.4, 0.5) is 4.79 Å². The van der Waals surface area contributed by atoms with Gasteiger partial charge in [0.05, 0.1) is 0 Å². The summed E-state index contributed by atoms with van der Waals surface area (Å²) < 4.78 is 0. The molecule has 0 radical (unpaired) electrons. The van der Waals surface area contributed by atoms with Gasteiger partial charge in [0.25, 0.3) is 0 Å². The quantitative estimate of drug-likeness (QED) is 0.690. The maximum absolute atomic E-state index is 11.4. The fourth-order valence-corrected chi connectivity index (χ4v) is 1.77. The van der Waals surface area contributed by atoms with E-state index in [1.807, 2.05) is 4.90 Å². The first-order valence-corrected chi connectivity index (χ1v) is 5.41. The van der Waals surface area contributed by atoms with Crippen molar-refractivity contribution in [3.8, 4) is 0 Å². The molecule has 2 amide bonds. The molecule has 14 heavy (non-hydrogen) atoms. The van der Waals surface area contributed by atoms with Gasteiger partial charge in [0.2, 0.25) is 0 Å². The summed E-state index contributed by atoms with van der Waals surface area (Å²) in [6, 6.07) is 0.0487. The second-order valence-electron chi connectivity index (χ2n) is 3.82. The highest BCUT2D eigenvalue weighted by Crippen LogP contribution is 2.11. The standard InChI is InChI=1S/C10H20N2O2/c1-2-9(4-7-13)8-12-6-3-5-11-10(12)14/h9,13H,2-8H2,1H3,(H,11,14).